The molecule has 0 aromatic rings. The van der Waals surface area contributed by atoms with Crippen LogP contribution < -0.4 is 0 Å². The lowest BCUT2D eigenvalue weighted by Crippen LogP contribution is -2.38. The Hall–Kier alpha value is -2.19. The number of hydrogen-bond acceptors (Lipinski definition) is 5. The Bertz CT molecular complexity index is 524. The SMILES string of the molecule is CCOC1=NC(C(C)C)C(OCC)=NC1CC#CCN=[N+]=[N-]. The van der Waals surface area contributed by atoms with Crippen LogP contribution in [0, 0.1) is 17.8 Å². The van der Waals surface area contributed by atoms with Gasteiger partial charge in [0.05, 0.1) is 19.8 Å². The van der Waals surface area contributed by atoms with E-state index in [9.17, 15) is 0 Å². The van der Waals surface area contributed by atoms with Crippen LogP contribution in [-0.4, -0.2) is 43.6 Å². The summed E-state index contributed by atoms with van der Waals surface area (Å²) < 4.78 is 11.2. The monoisotopic (exact) mass is 305 g/mol. The average Bonchev–Trinajstić information content (AvgIpc) is 2.49. The average molecular weight is 305 g/mol. The van der Waals surface area contributed by atoms with Gasteiger partial charge in [0.25, 0.3) is 0 Å². The van der Waals surface area contributed by atoms with E-state index < -0.39 is 0 Å². The molecule has 0 fully saturated rings. The van der Waals surface area contributed by atoms with Crippen LogP contribution in [0.15, 0.2) is 15.1 Å². The second-order valence-corrected chi connectivity index (χ2v) is 4.95. The lowest BCUT2D eigenvalue weighted by atomic mass is 10.0. The molecule has 2 unspecified atom stereocenters. The van der Waals surface area contributed by atoms with Crippen molar-refractivity contribution in [3.8, 4) is 11.8 Å². The molecule has 7 heteroatoms. The molecular formula is C15H23N5O2. The van der Waals surface area contributed by atoms with Crippen molar-refractivity contribution in [2.75, 3.05) is 19.8 Å². The minimum atomic E-state index is -0.268. The van der Waals surface area contributed by atoms with Gasteiger partial charge in [0.2, 0.25) is 11.8 Å². The Labute approximate surface area is 131 Å². The molecule has 0 aromatic heterocycles. The predicted octanol–water partition coefficient (Wildman–Crippen LogP) is 2.97. The Kier molecular flexibility index (Phi) is 7.87. The van der Waals surface area contributed by atoms with Gasteiger partial charge in [-0.3, -0.25) is 0 Å². The minimum Gasteiger partial charge on any atom is -0.480 e. The smallest absolute Gasteiger partial charge is 0.210 e. The van der Waals surface area contributed by atoms with Gasteiger partial charge in [-0.15, -0.1) is 5.92 Å². The van der Waals surface area contributed by atoms with E-state index in [1.54, 1.807) is 0 Å². The van der Waals surface area contributed by atoms with Crippen LogP contribution in [0.3, 0.4) is 0 Å². The highest BCUT2D eigenvalue weighted by atomic mass is 16.5. The fourth-order valence-electron chi connectivity index (χ4n) is 1.97. The summed E-state index contributed by atoms with van der Waals surface area (Å²) in [5, 5.41) is 3.37. The summed E-state index contributed by atoms with van der Waals surface area (Å²) in [5.41, 5.74) is 8.21. The molecule has 0 saturated heterocycles. The number of ether oxygens (including phenoxy) is 2. The van der Waals surface area contributed by atoms with Crippen molar-refractivity contribution in [2.24, 2.45) is 21.0 Å². The molecule has 2 atom stereocenters. The first-order valence-electron chi connectivity index (χ1n) is 7.51. The van der Waals surface area contributed by atoms with E-state index in [0.29, 0.717) is 31.4 Å². The number of azide groups is 1. The lowest BCUT2D eigenvalue weighted by Gasteiger charge is -2.27. The lowest BCUT2D eigenvalue weighted by molar-refractivity contribution is 0.276. The van der Waals surface area contributed by atoms with Gasteiger partial charge in [-0.25, -0.2) is 9.98 Å². The molecule has 0 N–H and O–H groups in total. The summed E-state index contributed by atoms with van der Waals surface area (Å²) in [6.45, 7) is 9.23. The second kappa shape index (κ2) is 9.69. The van der Waals surface area contributed by atoms with Gasteiger partial charge < -0.3 is 9.47 Å². The molecule has 0 aliphatic carbocycles. The van der Waals surface area contributed by atoms with Crippen molar-refractivity contribution in [2.45, 2.75) is 46.2 Å². The van der Waals surface area contributed by atoms with E-state index in [2.05, 4.69) is 45.7 Å². The first kappa shape index (κ1) is 17.9. The van der Waals surface area contributed by atoms with Gasteiger partial charge in [0.15, 0.2) is 0 Å². The summed E-state index contributed by atoms with van der Waals surface area (Å²) in [6.07, 6.45) is 0.459. The molecule has 0 amide bonds. The van der Waals surface area contributed by atoms with Crippen molar-refractivity contribution >= 4 is 11.8 Å². The van der Waals surface area contributed by atoms with Gasteiger partial charge in [0.1, 0.15) is 12.1 Å². The zero-order chi connectivity index (χ0) is 16.4. The third-order valence-corrected chi connectivity index (χ3v) is 2.94. The summed E-state index contributed by atoms with van der Waals surface area (Å²) >= 11 is 0. The topological polar surface area (TPSA) is 91.9 Å². The maximum Gasteiger partial charge on any atom is 0.210 e. The zero-order valence-corrected chi connectivity index (χ0v) is 13.6. The summed E-state index contributed by atoms with van der Waals surface area (Å²) in [5.74, 6) is 7.25. The largest absolute Gasteiger partial charge is 0.480 e. The molecule has 120 valence electrons. The zero-order valence-electron chi connectivity index (χ0n) is 13.6. The number of hydrogen-bond donors (Lipinski definition) is 0. The normalized spacial score (nSPS) is 20.2. The third kappa shape index (κ3) is 5.30. The van der Waals surface area contributed by atoms with E-state index in [1.165, 1.54) is 0 Å². The fraction of sp³-hybridized carbons (Fsp3) is 0.733. The first-order valence-corrected chi connectivity index (χ1v) is 7.51. The van der Waals surface area contributed by atoms with E-state index in [4.69, 9.17) is 15.0 Å². The van der Waals surface area contributed by atoms with Gasteiger partial charge in [-0.1, -0.05) is 24.9 Å². The van der Waals surface area contributed by atoms with E-state index in [0.717, 1.165) is 0 Å². The standard InChI is InChI=1S/C15H23N5O2/c1-5-21-14-12(9-7-8-10-17-20-16)18-15(22-6-2)13(19-14)11(3)4/h11-13H,5-6,9-10H2,1-4H3. The molecule has 0 radical (unpaired) electrons. The van der Waals surface area contributed by atoms with Gasteiger partial charge in [0, 0.05) is 11.3 Å². The maximum absolute atomic E-state index is 8.21. The molecule has 7 nitrogen and oxygen atoms in total. The summed E-state index contributed by atoms with van der Waals surface area (Å²) in [6, 6.07) is -0.385. The van der Waals surface area contributed by atoms with Gasteiger partial charge in [-0.05, 0) is 25.3 Å². The molecule has 1 aliphatic rings. The Morgan fingerprint density at radius 3 is 2.45 bits per heavy atom. The fourth-order valence-corrected chi connectivity index (χ4v) is 1.97. The van der Waals surface area contributed by atoms with Crippen molar-refractivity contribution < 1.29 is 9.47 Å². The Morgan fingerprint density at radius 1 is 1.18 bits per heavy atom. The number of rotatable bonds is 5. The summed E-state index contributed by atoms with van der Waals surface area (Å²) in [4.78, 5) is 11.9. The molecule has 0 spiro atoms. The van der Waals surface area contributed by atoms with E-state index in [-0.39, 0.29) is 24.5 Å². The Balaban J connectivity index is 2.91. The van der Waals surface area contributed by atoms with Crippen LogP contribution in [-0.2, 0) is 9.47 Å². The van der Waals surface area contributed by atoms with Crippen LogP contribution in [0.5, 0.6) is 0 Å². The van der Waals surface area contributed by atoms with E-state index >= 15 is 0 Å². The highest BCUT2D eigenvalue weighted by Crippen LogP contribution is 2.19. The quantitative estimate of drug-likeness (QED) is 0.338. The van der Waals surface area contributed by atoms with Crippen LogP contribution in [0.2, 0.25) is 0 Å². The van der Waals surface area contributed by atoms with Crippen LogP contribution in [0.4, 0.5) is 0 Å². The summed E-state index contributed by atoms with van der Waals surface area (Å²) in [7, 11) is 0. The van der Waals surface area contributed by atoms with E-state index in [1.807, 2.05) is 13.8 Å². The molecule has 1 rings (SSSR count). The third-order valence-electron chi connectivity index (χ3n) is 2.94. The van der Waals surface area contributed by atoms with Crippen LogP contribution in [0.1, 0.15) is 34.1 Å². The van der Waals surface area contributed by atoms with Crippen molar-refractivity contribution in [3.05, 3.63) is 10.4 Å². The maximum atomic E-state index is 8.21. The molecular weight excluding hydrogens is 282 g/mol. The molecule has 1 heterocycles. The van der Waals surface area contributed by atoms with Crippen LogP contribution >= 0.6 is 0 Å². The highest BCUT2D eigenvalue weighted by Gasteiger charge is 2.30. The molecule has 0 saturated carbocycles. The number of aliphatic imine (C=N–C) groups is 2. The predicted molar refractivity (Wildman–Crippen MR) is 86.9 cm³/mol. The minimum absolute atomic E-state index is 0.117. The van der Waals surface area contributed by atoms with Crippen molar-refractivity contribution in [1.82, 2.24) is 0 Å². The molecule has 0 aromatic carbocycles. The highest BCUT2D eigenvalue weighted by molar-refractivity contribution is 5.94. The van der Waals surface area contributed by atoms with Gasteiger partial charge >= 0.3 is 0 Å². The first-order chi connectivity index (χ1) is 10.6. The molecule has 1 aliphatic heterocycles. The van der Waals surface area contributed by atoms with Crippen LogP contribution in [0.25, 0.3) is 10.4 Å². The second-order valence-electron chi connectivity index (χ2n) is 4.95. The van der Waals surface area contributed by atoms with Crippen molar-refractivity contribution in [1.29, 1.82) is 0 Å². The Morgan fingerprint density at radius 2 is 1.86 bits per heavy atom. The van der Waals surface area contributed by atoms with Gasteiger partial charge in [-0.2, -0.15) is 0 Å². The molecule has 0 bridgehead atoms. The molecule has 22 heavy (non-hydrogen) atoms. The number of nitrogens with zero attached hydrogens (tertiary/aromatic N) is 5. The van der Waals surface area contributed by atoms with Crippen molar-refractivity contribution in [3.63, 3.8) is 0 Å².